The third kappa shape index (κ3) is 3.85. The van der Waals surface area contributed by atoms with Gasteiger partial charge in [-0.15, -0.1) is 12.4 Å². The predicted molar refractivity (Wildman–Crippen MR) is 81.4 cm³/mol. The molecule has 1 heterocycles. The second kappa shape index (κ2) is 6.94. The van der Waals surface area contributed by atoms with E-state index in [0.29, 0.717) is 5.91 Å². The molecule has 2 unspecified atom stereocenters. The maximum absolute atomic E-state index is 12.6. The average molecular weight is 289 g/mol. The first-order chi connectivity index (χ1) is 8.54. The molecule has 1 aliphatic carbocycles. The van der Waals surface area contributed by atoms with E-state index in [2.05, 4.69) is 18.7 Å². The maximum atomic E-state index is 12.6. The van der Waals surface area contributed by atoms with Crippen molar-refractivity contribution in [2.75, 3.05) is 13.1 Å². The van der Waals surface area contributed by atoms with Gasteiger partial charge in [0.25, 0.3) is 0 Å². The molecule has 3 nitrogen and oxygen atoms in total. The summed E-state index contributed by atoms with van der Waals surface area (Å²) in [5, 5.41) is 0. The topological polar surface area (TPSA) is 46.3 Å². The summed E-state index contributed by atoms with van der Waals surface area (Å²) in [6, 6.07) is 0. The number of nitrogens with zero attached hydrogens (tertiary/aromatic N) is 1. The fourth-order valence-corrected chi connectivity index (χ4v) is 3.55. The molecule has 1 saturated heterocycles. The molecule has 0 aromatic heterocycles. The summed E-state index contributed by atoms with van der Waals surface area (Å²) in [6.45, 7) is 6.21. The highest BCUT2D eigenvalue weighted by atomic mass is 35.5. The van der Waals surface area contributed by atoms with Crippen LogP contribution in [-0.4, -0.2) is 29.4 Å². The van der Waals surface area contributed by atoms with Gasteiger partial charge in [0.1, 0.15) is 0 Å². The lowest BCUT2D eigenvalue weighted by Gasteiger charge is -2.41. The fourth-order valence-electron chi connectivity index (χ4n) is 3.55. The number of likely N-dealkylation sites (tertiary alicyclic amines) is 1. The minimum Gasteiger partial charge on any atom is -0.342 e. The first kappa shape index (κ1) is 16.8. The molecule has 0 aromatic rings. The third-order valence-electron chi connectivity index (χ3n) is 5.06. The van der Waals surface area contributed by atoms with Crippen LogP contribution >= 0.6 is 12.4 Å². The number of piperidine rings is 1. The van der Waals surface area contributed by atoms with Crippen LogP contribution in [0, 0.1) is 11.8 Å². The number of halogens is 1. The largest absolute Gasteiger partial charge is 0.342 e. The summed E-state index contributed by atoms with van der Waals surface area (Å²) in [4.78, 5) is 14.7. The SMILES string of the molecule is CCC1CCN(C(=O)C2CCCCC2(C)N)CC1.Cl. The fraction of sp³-hybridized carbons (Fsp3) is 0.933. The van der Waals surface area contributed by atoms with Crippen molar-refractivity contribution < 1.29 is 4.79 Å². The number of rotatable bonds is 2. The minimum atomic E-state index is -0.281. The highest BCUT2D eigenvalue weighted by Gasteiger charge is 2.40. The van der Waals surface area contributed by atoms with Gasteiger partial charge in [-0.25, -0.2) is 0 Å². The zero-order valence-corrected chi connectivity index (χ0v) is 13.2. The van der Waals surface area contributed by atoms with Gasteiger partial charge in [-0.1, -0.05) is 26.2 Å². The van der Waals surface area contributed by atoms with Gasteiger partial charge in [0.05, 0.1) is 5.92 Å². The van der Waals surface area contributed by atoms with Gasteiger partial charge in [0.2, 0.25) is 5.91 Å². The van der Waals surface area contributed by atoms with Crippen LogP contribution in [-0.2, 0) is 4.79 Å². The Labute approximate surface area is 123 Å². The lowest BCUT2D eigenvalue weighted by molar-refractivity contribution is -0.140. The minimum absolute atomic E-state index is 0. The summed E-state index contributed by atoms with van der Waals surface area (Å²) in [5.41, 5.74) is 6.05. The highest BCUT2D eigenvalue weighted by molar-refractivity contribution is 5.85. The maximum Gasteiger partial charge on any atom is 0.227 e. The van der Waals surface area contributed by atoms with E-state index in [4.69, 9.17) is 5.73 Å². The van der Waals surface area contributed by atoms with Gasteiger partial charge in [-0.3, -0.25) is 4.79 Å². The van der Waals surface area contributed by atoms with E-state index in [-0.39, 0.29) is 23.9 Å². The Kier molecular flexibility index (Phi) is 6.13. The van der Waals surface area contributed by atoms with Crippen LogP contribution in [0.1, 0.15) is 58.8 Å². The molecule has 0 aromatic carbocycles. The van der Waals surface area contributed by atoms with E-state index < -0.39 is 0 Å². The van der Waals surface area contributed by atoms with Crippen molar-refractivity contribution in [1.82, 2.24) is 4.90 Å². The number of hydrogen-bond donors (Lipinski definition) is 1. The van der Waals surface area contributed by atoms with Crippen molar-refractivity contribution in [3.63, 3.8) is 0 Å². The van der Waals surface area contributed by atoms with Gasteiger partial charge in [-0.2, -0.15) is 0 Å². The molecule has 112 valence electrons. The van der Waals surface area contributed by atoms with Crippen molar-refractivity contribution in [2.24, 2.45) is 17.6 Å². The Morgan fingerprint density at radius 3 is 2.42 bits per heavy atom. The van der Waals surface area contributed by atoms with Crippen molar-refractivity contribution in [3.05, 3.63) is 0 Å². The molecule has 0 radical (unpaired) electrons. The van der Waals surface area contributed by atoms with E-state index in [1.54, 1.807) is 0 Å². The van der Waals surface area contributed by atoms with Crippen LogP contribution in [0.4, 0.5) is 0 Å². The summed E-state index contributed by atoms with van der Waals surface area (Å²) in [5.74, 6) is 1.21. The molecule has 0 bridgehead atoms. The quantitative estimate of drug-likeness (QED) is 0.849. The van der Waals surface area contributed by atoms with E-state index in [0.717, 1.165) is 38.3 Å². The zero-order chi connectivity index (χ0) is 13.2. The second-order valence-corrected chi connectivity index (χ2v) is 6.48. The molecule has 2 fully saturated rings. The molecule has 2 N–H and O–H groups in total. The van der Waals surface area contributed by atoms with E-state index in [9.17, 15) is 4.79 Å². The number of hydrogen-bond acceptors (Lipinski definition) is 2. The highest BCUT2D eigenvalue weighted by Crippen LogP contribution is 2.34. The predicted octanol–water partition coefficient (Wildman–Crippen LogP) is 2.96. The Morgan fingerprint density at radius 1 is 1.26 bits per heavy atom. The van der Waals surface area contributed by atoms with Crippen molar-refractivity contribution in [3.8, 4) is 0 Å². The molecule has 4 heteroatoms. The Bertz CT molecular complexity index is 299. The van der Waals surface area contributed by atoms with E-state index >= 15 is 0 Å². The first-order valence-electron chi connectivity index (χ1n) is 7.62. The molecular formula is C15H29ClN2O. The Morgan fingerprint density at radius 2 is 1.89 bits per heavy atom. The molecular weight excluding hydrogens is 260 g/mol. The lowest BCUT2D eigenvalue weighted by atomic mass is 9.73. The Hall–Kier alpha value is -0.280. The third-order valence-corrected chi connectivity index (χ3v) is 5.06. The normalized spacial score (nSPS) is 32.8. The molecule has 2 aliphatic rings. The molecule has 1 amide bonds. The van der Waals surface area contributed by atoms with Crippen molar-refractivity contribution in [1.29, 1.82) is 0 Å². The molecule has 1 saturated carbocycles. The van der Waals surface area contributed by atoms with Crippen LogP contribution in [0.2, 0.25) is 0 Å². The zero-order valence-electron chi connectivity index (χ0n) is 12.4. The van der Waals surface area contributed by atoms with Crippen LogP contribution in [0.3, 0.4) is 0 Å². The monoisotopic (exact) mass is 288 g/mol. The summed E-state index contributed by atoms with van der Waals surface area (Å²) in [6.07, 6.45) is 7.92. The molecule has 0 spiro atoms. The van der Waals surface area contributed by atoms with Gasteiger partial charge >= 0.3 is 0 Å². The standard InChI is InChI=1S/C15H28N2O.ClH/c1-3-12-7-10-17(11-8-12)14(18)13-6-4-5-9-15(13,2)16;/h12-13H,3-11,16H2,1-2H3;1H. The van der Waals surface area contributed by atoms with Crippen LogP contribution in [0.5, 0.6) is 0 Å². The number of amides is 1. The van der Waals surface area contributed by atoms with Gasteiger partial charge in [-0.05, 0) is 38.5 Å². The summed E-state index contributed by atoms with van der Waals surface area (Å²) in [7, 11) is 0. The van der Waals surface area contributed by atoms with Crippen LogP contribution in [0.15, 0.2) is 0 Å². The van der Waals surface area contributed by atoms with Crippen molar-refractivity contribution in [2.45, 2.75) is 64.3 Å². The molecule has 19 heavy (non-hydrogen) atoms. The number of nitrogens with two attached hydrogens (primary N) is 1. The second-order valence-electron chi connectivity index (χ2n) is 6.48. The van der Waals surface area contributed by atoms with Gasteiger partial charge in [0, 0.05) is 18.6 Å². The van der Waals surface area contributed by atoms with Crippen LogP contribution < -0.4 is 5.73 Å². The Balaban J connectivity index is 0.00000180. The molecule has 2 rings (SSSR count). The number of carbonyl (C=O) groups excluding carboxylic acids is 1. The smallest absolute Gasteiger partial charge is 0.227 e. The summed E-state index contributed by atoms with van der Waals surface area (Å²) < 4.78 is 0. The first-order valence-corrected chi connectivity index (χ1v) is 7.62. The lowest BCUT2D eigenvalue weighted by Crippen LogP contribution is -2.54. The van der Waals surface area contributed by atoms with E-state index in [1.807, 2.05) is 0 Å². The van der Waals surface area contributed by atoms with E-state index in [1.165, 1.54) is 25.7 Å². The molecule has 1 aliphatic heterocycles. The van der Waals surface area contributed by atoms with Gasteiger partial charge in [0.15, 0.2) is 0 Å². The van der Waals surface area contributed by atoms with Crippen LogP contribution in [0.25, 0.3) is 0 Å². The van der Waals surface area contributed by atoms with Gasteiger partial charge < -0.3 is 10.6 Å². The number of carbonyl (C=O) groups is 1. The summed E-state index contributed by atoms with van der Waals surface area (Å²) >= 11 is 0. The van der Waals surface area contributed by atoms with Crippen molar-refractivity contribution >= 4 is 18.3 Å². The molecule has 2 atom stereocenters. The average Bonchev–Trinajstić information content (AvgIpc) is 2.37.